The van der Waals surface area contributed by atoms with Gasteiger partial charge in [0.15, 0.2) is 5.84 Å². The lowest BCUT2D eigenvalue weighted by Gasteiger charge is -2.11. The van der Waals surface area contributed by atoms with E-state index in [0.29, 0.717) is 6.04 Å². The molecule has 0 atom stereocenters. The Bertz CT molecular complexity index is 434. The van der Waals surface area contributed by atoms with Gasteiger partial charge in [0, 0.05) is 4.88 Å². The van der Waals surface area contributed by atoms with E-state index in [4.69, 9.17) is 10.8 Å². The first-order chi connectivity index (χ1) is 9.36. The summed E-state index contributed by atoms with van der Waals surface area (Å²) in [6.45, 7) is 0. The van der Waals surface area contributed by atoms with Crippen molar-refractivity contribution in [3.05, 3.63) is 21.4 Å². The third-order valence-electron chi connectivity index (χ3n) is 4.25. The maximum absolute atomic E-state index is 5.71. The normalized spacial score (nSPS) is 21.2. The number of nitrogens with one attached hydrogen (secondary N) is 1. The smallest absolute Gasteiger partial charge is 0.153 e. The first-order valence-corrected chi connectivity index (χ1v) is 8.35. The van der Waals surface area contributed by atoms with Crippen molar-refractivity contribution in [2.45, 2.75) is 63.8 Å². The Labute approximate surface area is 119 Å². The van der Waals surface area contributed by atoms with Crippen molar-refractivity contribution in [3.8, 4) is 0 Å². The Morgan fingerprint density at radius 1 is 1.16 bits per heavy atom. The SMILES string of the molecule is NNC(=NC1CCCCCC1)c1cc2c(s1)CCC2. The van der Waals surface area contributed by atoms with E-state index in [1.165, 1.54) is 68.2 Å². The van der Waals surface area contributed by atoms with Gasteiger partial charge in [-0.15, -0.1) is 11.3 Å². The van der Waals surface area contributed by atoms with Crippen LogP contribution >= 0.6 is 11.3 Å². The van der Waals surface area contributed by atoms with Gasteiger partial charge >= 0.3 is 0 Å². The minimum atomic E-state index is 0.463. The van der Waals surface area contributed by atoms with E-state index in [2.05, 4.69) is 11.5 Å². The second-order valence-corrected chi connectivity index (χ2v) is 6.82. The molecule has 1 saturated carbocycles. The summed E-state index contributed by atoms with van der Waals surface area (Å²) in [5.74, 6) is 6.61. The summed E-state index contributed by atoms with van der Waals surface area (Å²) in [7, 11) is 0. The lowest BCUT2D eigenvalue weighted by atomic mass is 10.1. The molecule has 1 heterocycles. The fourth-order valence-electron chi connectivity index (χ4n) is 3.19. The molecule has 3 N–H and O–H groups in total. The van der Waals surface area contributed by atoms with Gasteiger partial charge < -0.3 is 5.43 Å². The molecule has 0 amide bonds. The second kappa shape index (κ2) is 6.06. The number of hydrogen-bond acceptors (Lipinski definition) is 3. The zero-order valence-electron chi connectivity index (χ0n) is 11.5. The first kappa shape index (κ1) is 13.1. The first-order valence-electron chi connectivity index (χ1n) is 7.53. The zero-order valence-corrected chi connectivity index (χ0v) is 12.3. The molecule has 3 nitrogen and oxygen atoms in total. The molecule has 0 bridgehead atoms. The molecular formula is C15H23N3S. The molecular weight excluding hydrogens is 254 g/mol. The Kier molecular flexibility index (Phi) is 4.18. The number of aryl methyl sites for hydroxylation is 2. The van der Waals surface area contributed by atoms with Crippen LogP contribution in [-0.4, -0.2) is 11.9 Å². The number of aliphatic imine (C=N–C) groups is 1. The Morgan fingerprint density at radius 3 is 2.63 bits per heavy atom. The van der Waals surface area contributed by atoms with E-state index in [-0.39, 0.29) is 0 Å². The number of amidine groups is 1. The Morgan fingerprint density at radius 2 is 1.95 bits per heavy atom. The number of nitrogens with zero attached hydrogens (tertiary/aromatic N) is 1. The highest BCUT2D eigenvalue weighted by Crippen LogP contribution is 2.31. The van der Waals surface area contributed by atoms with E-state index in [9.17, 15) is 0 Å². The molecule has 1 aromatic rings. The largest absolute Gasteiger partial charge is 0.308 e. The van der Waals surface area contributed by atoms with Gasteiger partial charge in [-0.1, -0.05) is 25.7 Å². The fourth-order valence-corrected chi connectivity index (χ4v) is 4.40. The molecule has 0 spiro atoms. The van der Waals surface area contributed by atoms with Crippen LogP contribution in [0.1, 0.15) is 60.3 Å². The average molecular weight is 277 g/mol. The van der Waals surface area contributed by atoms with Crippen LogP contribution < -0.4 is 11.3 Å². The molecule has 104 valence electrons. The van der Waals surface area contributed by atoms with Crippen molar-refractivity contribution in [1.29, 1.82) is 0 Å². The standard InChI is InChI=1S/C15H23N3S/c16-18-15(17-12-7-3-1-2-4-8-12)14-10-11-6-5-9-13(11)19-14/h10,12H,1-9,16H2,(H,17,18). The molecule has 2 aliphatic rings. The highest BCUT2D eigenvalue weighted by Gasteiger charge is 2.18. The minimum Gasteiger partial charge on any atom is -0.308 e. The summed E-state index contributed by atoms with van der Waals surface area (Å²) in [6.07, 6.45) is 11.6. The number of thiophene rings is 1. The molecule has 0 radical (unpaired) electrons. The maximum Gasteiger partial charge on any atom is 0.153 e. The quantitative estimate of drug-likeness (QED) is 0.287. The molecule has 4 heteroatoms. The van der Waals surface area contributed by atoms with Crippen molar-refractivity contribution in [3.63, 3.8) is 0 Å². The minimum absolute atomic E-state index is 0.463. The lowest BCUT2D eigenvalue weighted by molar-refractivity contribution is 0.583. The summed E-state index contributed by atoms with van der Waals surface area (Å²) >= 11 is 1.88. The van der Waals surface area contributed by atoms with Gasteiger partial charge in [0.05, 0.1) is 10.9 Å². The van der Waals surface area contributed by atoms with E-state index in [1.54, 1.807) is 4.88 Å². The summed E-state index contributed by atoms with van der Waals surface area (Å²) in [5.41, 5.74) is 4.35. The van der Waals surface area contributed by atoms with Crippen molar-refractivity contribution in [1.82, 2.24) is 5.43 Å². The molecule has 3 rings (SSSR count). The van der Waals surface area contributed by atoms with Gasteiger partial charge in [-0.25, -0.2) is 5.84 Å². The molecule has 19 heavy (non-hydrogen) atoms. The lowest BCUT2D eigenvalue weighted by Crippen LogP contribution is -2.31. The van der Waals surface area contributed by atoms with Gasteiger partial charge in [-0.05, 0) is 43.7 Å². The third kappa shape index (κ3) is 3.00. The summed E-state index contributed by atoms with van der Waals surface area (Å²) in [6, 6.07) is 2.76. The second-order valence-electron chi connectivity index (χ2n) is 5.68. The highest BCUT2D eigenvalue weighted by atomic mass is 32.1. The van der Waals surface area contributed by atoms with Crippen LogP contribution in [0.2, 0.25) is 0 Å². The van der Waals surface area contributed by atoms with Crippen molar-refractivity contribution in [2.24, 2.45) is 10.8 Å². The predicted octanol–water partition coefficient (Wildman–Crippen LogP) is 3.17. The molecule has 1 aromatic heterocycles. The van der Waals surface area contributed by atoms with Crippen LogP contribution in [0.3, 0.4) is 0 Å². The number of rotatable bonds is 2. The van der Waals surface area contributed by atoms with E-state index in [1.807, 2.05) is 11.3 Å². The van der Waals surface area contributed by atoms with Gasteiger partial charge in [-0.3, -0.25) is 4.99 Å². The highest BCUT2D eigenvalue weighted by molar-refractivity contribution is 7.14. The van der Waals surface area contributed by atoms with Crippen LogP contribution in [0.4, 0.5) is 0 Å². The van der Waals surface area contributed by atoms with Crippen LogP contribution in [0.15, 0.2) is 11.1 Å². The zero-order chi connectivity index (χ0) is 13.1. The van der Waals surface area contributed by atoms with Crippen LogP contribution in [-0.2, 0) is 12.8 Å². The fraction of sp³-hybridized carbons (Fsp3) is 0.667. The van der Waals surface area contributed by atoms with E-state index < -0.39 is 0 Å². The summed E-state index contributed by atoms with van der Waals surface area (Å²) in [5, 5.41) is 0. The van der Waals surface area contributed by atoms with Gasteiger partial charge in [0.1, 0.15) is 0 Å². The van der Waals surface area contributed by atoms with Gasteiger partial charge in [0.2, 0.25) is 0 Å². The number of hydrazine groups is 1. The van der Waals surface area contributed by atoms with Gasteiger partial charge in [-0.2, -0.15) is 0 Å². The molecule has 1 fully saturated rings. The van der Waals surface area contributed by atoms with Crippen LogP contribution in [0, 0.1) is 0 Å². The van der Waals surface area contributed by atoms with E-state index >= 15 is 0 Å². The van der Waals surface area contributed by atoms with Gasteiger partial charge in [0.25, 0.3) is 0 Å². The Hall–Kier alpha value is -0.870. The van der Waals surface area contributed by atoms with E-state index in [0.717, 1.165) is 5.84 Å². The third-order valence-corrected chi connectivity index (χ3v) is 5.50. The monoisotopic (exact) mass is 277 g/mol. The topological polar surface area (TPSA) is 50.4 Å². The molecule has 0 saturated heterocycles. The van der Waals surface area contributed by atoms with Crippen LogP contribution in [0.5, 0.6) is 0 Å². The number of nitrogens with two attached hydrogens (primary N) is 1. The van der Waals surface area contributed by atoms with Crippen molar-refractivity contribution < 1.29 is 0 Å². The summed E-state index contributed by atoms with van der Waals surface area (Å²) < 4.78 is 0. The maximum atomic E-state index is 5.71. The van der Waals surface area contributed by atoms with Crippen molar-refractivity contribution >= 4 is 17.2 Å². The molecule has 2 aliphatic carbocycles. The number of hydrogen-bond donors (Lipinski definition) is 2. The van der Waals surface area contributed by atoms with Crippen LogP contribution in [0.25, 0.3) is 0 Å². The Balaban J connectivity index is 1.78. The average Bonchev–Trinajstić information content (AvgIpc) is 2.90. The molecule has 0 unspecified atom stereocenters. The number of fused-ring (bicyclic) bond motifs is 1. The van der Waals surface area contributed by atoms with Crippen molar-refractivity contribution in [2.75, 3.05) is 0 Å². The summed E-state index contributed by atoms with van der Waals surface area (Å²) in [4.78, 5) is 7.66. The predicted molar refractivity (Wildman–Crippen MR) is 81.7 cm³/mol. The molecule has 0 aromatic carbocycles. The molecule has 0 aliphatic heterocycles.